The highest BCUT2D eigenvalue weighted by Crippen LogP contribution is 2.25. The Morgan fingerprint density at radius 3 is 2.80 bits per heavy atom. The van der Waals surface area contributed by atoms with Crippen molar-refractivity contribution >= 4 is 55.7 Å². The van der Waals surface area contributed by atoms with E-state index in [4.69, 9.17) is 0 Å². The molecule has 2 aromatic heterocycles. The molecule has 3 rings (SSSR count). The van der Waals surface area contributed by atoms with Crippen LogP contribution < -0.4 is 10.9 Å². The van der Waals surface area contributed by atoms with Crippen molar-refractivity contribution in [2.45, 2.75) is 33.7 Å². The molecular formula is C18H18IN3O2S. The molecule has 0 bridgehead atoms. The molecule has 0 saturated heterocycles. The molecule has 0 unspecified atom stereocenters. The van der Waals surface area contributed by atoms with Crippen LogP contribution in [0.15, 0.2) is 29.3 Å². The van der Waals surface area contributed by atoms with Gasteiger partial charge < -0.3 is 5.32 Å². The van der Waals surface area contributed by atoms with Crippen molar-refractivity contribution in [3.8, 4) is 0 Å². The number of halogens is 1. The summed E-state index contributed by atoms with van der Waals surface area (Å²) in [7, 11) is 0. The number of hydrogen-bond donors (Lipinski definition) is 1. The fraction of sp³-hybridized carbons (Fsp3) is 0.278. The molecule has 0 fully saturated rings. The number of aryl methyl sites for hydroxylation is 4. The number of anilines is 1. The molecule has 25 heavy (non-hydrogen) atoms. The average molecular weight is 467 g/mol. The topological polar surface area (TPSA) is 64.0 Å². The smallest absolute Gasteiger partial charge is 0.262 e. The Labute approximate surface area is 163 Å². The Morgan fingerprint density at radius 2 is 2.08 bits per heavy atom. The first-order valence-corrected chi connectivity index (χ1v) is 9.77. The molecule has 7 heteroatoms. The monoisotopic (exact) mass is 467 g/mol. The van der Waals surface area contributed by atoms with E-state index < -0.39 is 0 Å². The minimum Gasteiger partial charge on any atom is -0.326 e. The number of benzene rings is 1. The molecule has 5 nitrogen and oxygen atoms in total. The number of carbonyl (C=O) groups excluding carboxylic acids is 1. The second-order valence-electron chi connectivity index (χ2n) is 5.97. The zero-order valence-electron chi connectivity index (χ0n) is 14.2. The minimum absolute atomic E-state index is 0.0791. The van der Waals surface area contributed by atoms with Gasteiger partial charge in [-0.3, -0.25) is 14.2 Å². The highest BCUT2D eigenvalue weighted by molar-refractivity contribution is 14.1. The normalized spacial score (nSPS) is 11.0. The van der Waals surface area contributed by atoms with Gasteiger partial charge in [0.25, 0.3) is 5.56 Å². The van der Waals surface area contributed by atoms with E-state index in [1.807, 2.05) is 39.0 Å². The molecule has 1 aromatic carbocycles. The second-order valence-corrected chi connectivity index (χ2v) is 8.33. The number of carbonyl (C=O) groups is 1. The van der Waals surface area contributed by atoms with Crippen LogP contribution in [0.4, 0.5) is 5.69 Å². The van der Waals surface area contributed by atoms with Crippen LogP contribution in [0.5, 0.6) is 0 Å². The number of hydrogen-bond acceptors (Lipinski definition) is 4. The first kappa shape index (κ1) is 18.1. The Kier molecular flexibility index (Phi) is 5.24. The van der Waals surface area contributed by atoms with Crippen LogP contribution >= 0.6 is 33.9 Å². The van der Waals surface area contributed by atoms with Crippen LogP contribution in [0, 0.1) is 24.3 Å². The Morgan fingerprint density at radius 1 is 1.32 bits per heavy atom. The molecule has 0 aliphatic rings. The van der Waals surface area contributed by atoms with Gasteiger partial charge in [0.2, 0.25) is 5.91 Å². The van der Waals surface area contributed by atoms with Gasteiger partial charge in [0, 0.05) is 27.1 Å². The number of amides is 1. The molecule has 3 aromatic rings. The minimum atomic E-state index is -0.120. The van der Waals surface area contributed by atoms with Crippen LogP contribution in [0.25, 0.3) is 10.2 Å². The molecule has 1 N–H and O–H groups in total. The summed E-state index contributed by atoms with van der Waals surface area (Å²) in [6, 6.07) is 5.79. The standard InChI is InChI=1S/C18H18IN3O2S/c1-10-4-5-13(8-14(10)19)21-15(23)6-7-22-9-20-17-16(18(22)24)11(2)12(3)25-17/h4-5,8-9H,6-7H2,1-3H3,(H,21,23). The lowest BCUT2D eigenvalue weighted by Crippen LogP contribution is -2.23. The van der Waals surface area contributed by atoms with Crippen molar-refractivity contribution < 1.29 is 4.79 Å². The van der Waals surface area contributed by atoms with Crippen LogP contribution in [-0.4, -0.2) is 15.5 Å². The lowest BCUT2D eigenvalue weighted by Gasteiger charge is -2.08. The number of aromatic nitrogens is 2. The van der Waals surface area contributed by atoms with Gasteiger partial charge >= 0.3 is 0 Å². The Hall–Kier alpha value is -1.74. The number of thiophene rings is 1. The van der Waals surface area contributed by atoms with Gasteiger partial charge in [-0.1, -0.05) is 6.07 Å². The zero-order valence-corrected chi connectivity index (χ0v) is 17.2. The van der Waals surface area contributed by atoms with Crippen molar-refractivity contribution in [2.24, 2.45) is 0 Å². The summed E-state index contributed by atoms with van der Waals surface area (Å²) in [4.78, 5) is 31.0. The summed E-state index contributed by atoms with van der Waals surface area (Å²) < 4.78 is 2.62. The summed E-state index contributed by atoms with van der Waals surface area (Å²) in [5.74, 6) is -0.120. The van der Waals surface area contributed by atoms with Crippen molar-refractivity contribution in [1.29, 1.82) is 0 Å². The van der Waals surface area contributed by atoms with Gasteiger partial charge in [0.15, 0.2) is 0 Å². The van der Waals surface area contributed by atoms with Crippen molar-refractivity contribution in [2.75, 3.05) is 5.32 Å². The molecule has 0 radical (unpaired) electrons. The van der Waals surface area contributed by atoms with E-state index in [0.29, 0.717) is 11.9 Å². The van der Waals surface area contributed by atoms with Crippen molar-refractivity contribution in [3.63, 3.8) is 0 Å². The fourth-order valence-corrected chi connectivity index (χ4v) is 4.05. The van der Waals surface area contributed by atoms with E-state index >= 15 is 0 Å². The lowest BCUT2D eigenvalue weighted by molar-refractivity contribution is -0.116. The highest BCUT2D eigenvalue weighted by Gasteiger charge is 2.13. The van der Waals surface area contributed by atoms with E-state index in [9.17, 15) is 9.59 Å². The quantitative estimate of drug-likeness (QED) is 0.590. The van der Waals surface area contributed by atoms with Crippen LogP contribution in [0.1, 0.15) is 22.4 Å². The van der Waals surface area contributed by atoms with Gasteiger partial charge in [-0.2, -0.15) is 0 Å². The van der Waals surface area contributed by atoms with Gasteiger partial charge in [-0.25, -0.2) is 4.98 Å². The third-order valence-electron chi connectivity index (χ3n) is 4.19. The van der Waals surface area contributed by atoms with Crippen LogP contribution in [-0.2, 0) is 11.3 Å². The molecule has 2 heterocycles. The van der Waals surface area contributed by atoms with Crippen LogP contribution in [0.2, 0.25) is 0 Å². The fourth-order valence-electron chi connectivity index (χ4n) is 2.55. The predicted molar refractivity (Wildman–Crippen MR) is 110 cm³/mol. The summed E-state index contributed by atoms with van der Waals surface area (Å²) in [6.45, 7) is 6.26. The van der Waals surface area contributed by atoms with E-state index in [0.717, 1.165) is 24.5 Å². The first-order valence-electron chi connectivity index (χ1n) is 7.88. The van der Waals surface area contributed by atoms with Gasteiger partial charge in [-0.15, -0.1) is 11.3 Å². The summed E-state index contributed by atoms with van der Waals surface area (Å²) in [6.07, 6.45) is 1.75. The van der Waals surface area contributed by atoms with E-state index in [1.54, 1.807) is 0 Å². The molecule has 0 spiro atoms. The number of rotatable bonds is 4. The maximum Gasteiger partial charge on any atom is 0.262 e. The largest absolute Gasteiger partial charge is 0.326 e. The van der Waals surface area contributed by atoms with E-state index in [-0.39, 0.29) is 17.9 Å². The average Bonchev–Trinajstić information content (AvgIpc) is 2.86. The Balaban J connectivity index is 1.73. The van der Waals surface area contributed by atoms with Crippen molar-refractivity contribution in [1.82, 2.24) is 9.55 Å². The van der Waals surface area contributed by atoms with Gasteiger partial charge in [0.1, 0.15) is 4.83 Å². The SMILES string of the molecule is Cc1ccc(NC(=O)CCn2cnc3sc(C)c(C)c3c2=O)cc1I. The molecule has 0 aliphatic carbocycles. The van der Waals surface area contributed by atoms with Gasteiger partial charge in [-0.05, 0) is 66.6 Å². The molecule has 130 valence electrons. The maximum atomic E-state index is 12.6. The third kappa shape index (κ3) is 3.77. The zero-order chi connectivity index (χ0) is 18.1. The predicted octanol–water partition coefficient (Wildman–Crippen LogP) is 4.02. The van der Waals surface area contributed by atoms with E-state index in [2.05, 4.69) is 32.9 Å². The number of nitrogens with one attached hydrogen (secondary N) is 1. The maximum absolute atomic E-state index is 12.6. The molecule has 0 aliphatic heterocycles. The summed E-state index contributed by atoms with van der Waals surface area (Å²) in [5, 5.41) is 3.54. The molecule has 0 saturated carbocycles. The third-order valence-corrected chi connectivity index (χ3v) is 6.47. The summed E-state index contributed by atoms with van der Waals surface area (Å²) >= 11 is 3.77. The lowest BCUT2D eigenvalue weighted by atomic mass is 10.2. The first-order chi connectivity index (χ1) is 11.9. The van der Waals surface area contributed by atoms with Crippen molar-refractivity contribution in [3.05, 3.63) is 54.5 Å². The number of fused-ring (bicyclic) bond motifs is 1. The van der Waals surface area contributed by atoms with E-state index in [1.165, 1.54) is 27.8 Å². The highest BCUT2D eigenvalue weighted by atomic mass is 127. The summed E-state index contributed by atoms with van der Waals surface area (Å²) in [5.41, 5.74) is 2.84. The molecule has 1 amide bonds. The second kappa shape index (κ2) is 7.25. The Bertz CT molecular complexity index is 1020. The molecule has 0 atom stereocenters. The number of nitrogens with zero attached hydrogens (tertiary/aromatic N) is 2. The van der Waals surface area contributed by atoms with Gasteiger partial charge in [0.05, 0.1) is 11.7 Å². The van der Waals surface area contributed by atoms with Crippen LogP contribution in [0.3, 0.4) is 0 Å². The molecular weight excluding hydrogens is 449 g/mol.